The summed E-state index contributed by atoms with van der Waals surface area (Å²) in [6, 6.07) is 4.44. The van der Waals surface area contributed by atoms with E-state index in [-0.39, 0.29) is 5.75 Å². The Morgan fingerprint density at radius 2 is 2.11 bits per heavy atom. The van der Waals surface area contributed by atoms with Gasteiger partial charge in [0.2, 0.25) is 0 Å². The minimum Gasteiger partial charge on any atom is -0.349 e. The van der Waals surface area contributed by atoms with Crippen molar-refractivity contribution >= 4 is 43.3 Å². The Labute approximate surface area is 120 Å². The van der Waals surface area contributed by atoms with Crippen molar-refractivity contribution in [1.82, 2.24) is 5.32 Å². The van der Waals surface area contributed by atoms with Gasteiger partial charge < -0.3 is 5.32 Å². The highest BCUT2D eigenvalue weighted by Crippen LogP contribution is 2.20. The second-order valence-corrected chi connectivity index (χ2v) is 7.60. The predicted octanol–water partition coefficient (Wildman–Crippen LogP) is 2.27. The third kappa shape index (κ3) is 4.96. The molecule has 100 valence electrons. The fourth-order valence-corrected chi connectivity index (χ4v) is 3.02. The molecule has 1 N–H and O–H groups in total. The van der Waals surface area contributed by atoms with Crippen LogP contribution in [0.4, 0.5) is 0 Å². The Kier molecular flexibility index (Phi) is 5.19. The van der Waals surface area contributed by atoms with E-state index < -0.39 is 21.8 Å². The van der Waals surface area contributed by atoms with Crippen LogP contribution in [0.3, 0.4) is 0 Å². The summed E-state index contributed by atoms with van der Waals surface area (Å²) in [5.74, 6) is -0.498. The largest absolute Gasteiger partial charge is 0.349 e. The molecule has 0 aliphatic carbocycles. The van der Waals surface area contributed by atoms with E-state index in [0.717, 1.165) is 10.7 Å². The minimum absolute atomic E-state index is 0.107. The van der Waals surface area contributed by atoms with E-state index in [9.17, 15) is 13.2 Å². The smallest absolute Gasteiger partial charge is 0.253 e. The van der Waals surface area contributed by atoms with E-state index in [1.807, 2.05) is 0 Å². The van der Waals surface area contributed by atoms with Crippen LogP contribution in [0.2, 0.25) is 5.02 Å². The second kappa shape index (κ2) is 6.04. The molecule has 1 aromatic carbocycles. The maximum atomic E-state index is 11.9. The van der Waals surface area contributed by atoms with Crippen LogP contribution in [0.25, 0.3) is 0 Å². The van der Waals surface area contributed by atoms with Gasteiger partial charge in [-0.25, -0.2) is 8.42 Å². The van der Waals surface area contributed by atoms with Crippen molar-refractivity contribution in [1.29, 1.82) is 0 Å². The van der Waals surface area contributed by atoms with Gasteiger partial charge in [-0.3, -0.25) is 4.79 Å². The molecule has 0 fully saturated rings. The number of carbonyl (C=O) groups is 1. The number of hydrogen-bond acceptors (Lipinski definition) is 3. The van der Waals surface area contributed by atoms with Crippen molar-refractivity contribution in [3.05, 3.63) is 33.3 Å². The van der Waals surface area contributed by atoms with E-state index in [2.05, 4.69) is 21.2 Å². The van der Waals surface area contributed by atoms with Crippen LogP contribution >= 0.6 is 27.5 Å². The molecule has 0 bridgehead atoms. The highest BCUT2D eigenvalue weighted by atomic mass is 79.9. The number of benzene rings is 1. The van der Waals surface area contributed by atoms with Crippen molar-refractivity contribution in [2.75, 3.05) is 12.0 Å². The summed E-state index contributed by atoms with van der Waals surface area (Å²) in [7, 11) is -3.13. The lowest BCUT2D eigenvalue weighted by Crippen LogP contribution is -2.37. The van der Waals surface area contributed by atoms with Gasteiger partial charge in [0.15, 0.2) is 0 Å². The molecule has 0 saturated carbocycles. The standard InChI is InChI=1S/C11H13BrClNO3S/c1-7(6-18(2,16)17)14-11(15)9-5-8(12)3-4-10(9)13/h3-5,7H,6H2,1-2H3,(H,14,15). The topological polar surface area (TPSA) is 63.2 Å². The van der Waals surface area contributed by atoms with Crippen LogP contribution < -0.4 is 5.32 Å². The number of halogens is 2. The molecule has 1 aromatic rings. The average Bonchev–Trinajstić information content (AvgIpc) is 2.18. The number of hydrogen-bond donors (Lipinski definition) is 1. The molecule has 0 aliphatic rings. The third-order valence-corrected chi connectivity index (χ3v) is 4.03. The van der Waals surface area contributed by atoms with Gasteiger partial charge in [-0.15, -0.1) is 0 Å². The lowest BCUT2D eigenvalue weighted by molar-refractivity contribution is 0.0943. The Morgan fingerprint density at radius 1 is 1.50 bits per heavy atom. The van der Waals surface area contributed by atoms with Crippen LogP contribution in [0.5, 0.6) is 0 Å². The molecule has 7 heteroatoms. The van der Waals surface area contributed by atoms with E-state index >= 15 is 0 Å². The van der Waals surface area contributed by atoms with Crippen LogP contribution in [-0.2, 0) is 9.84 Å². The highest BCUT2D eigenvalue weighted by molar-refractivity contribution is 9.10. The zero-order valence-electron chi connectivity index (χ0n) is 9.91. The summed E-state index contributed by atoms with van der Waals surface area (Å²) < 4.78 is 22.9. The van der Waals surface area contributed by atoms with Gasteiger partial charge in [0, 0.05) is 16.8 Å². The molecule has 0 spiro atoms. The maximum absolute atomic E-state index is 11.9. The monoisotopic (exact) mass is 353 g/mol. The molecular weight excluding hydrogens is 342 g/mol. The lowest BCUT2D eigenvalue weighted by Gasteiger charge is -2.13. The van der Waals surface area contributed by atoms with Crippen molar-refractivity contribution in [3.8, 4) is 0 Å². The number of rotatable bonds is 4. The third-order valence-electron chi connectivity index (χ3n) is 2.10. The summed E-state index contributed by atoms with van der Waals surface area (Å²) in [5, 5.41) is 2.92. The van der Waals surface area contributed by atoms with E-state index in [4.69, 9.17) is 11.6 Å². The van der Waals surface area contributed by atoms with Crippen molar-refractivity contribution in [3.63, 3.8) is 0 Å². The van der Waals surface area contributed by atoms with Crippen molar-refractivity contribution in [2.45, 2.75) is 13.0 Å². The Bertz CT molecular complexity index is 559. The molecule has 1 unspecified atom stereocenters. The molecule has 0 aliphatic heterocycles. The zero-order valence-corrected chi connectivity index (χ0v) is 13.1. The summed E-state index contributed by atoms with van der Waals surface area (Å²) >= 11 is 9.15. The van der Waals surface area contributed by atoms with E-state index in [1.54, 1.807) is 25.1 Å². The summed E-state index contributed by atoms with van der Waals surface area (Å²) in [4.78, 5) is 11.9. The predicted molar refractivity (Wildman–Crippen MR) is 75.8 cm³/mol. The first-order valence-electron chi connectivity index (χ1n) is 5.12. The first-order chi connectivity index (χ1) is 8.19. The Balaban J connectivity index is 2.80. The van der Waals surface area contributed by atoms with Crippen molar-refractivity contribution in [2.24, 2.45) is 0 Å². The van der Waals surface area contributed by atoms with Gasteiger partial charge in [0.05, 0.1) is 16.3 Å². The first kappa shape index (κ1) is 15.5. The number of sulfone groups is 1. The quantitative estimate of drug-likeness (QED) is 0.902. The molecule has 0 radical (unpaired) electrons. The summed E-state index contributed by atoms with van der Waals surface area (Å²) in [6.07, 6.45) is 1.13. The van der Waals surface area contributed by atoms with Gasteiger partial charge in [-0.05, 0) is 25.1 Å². The zero-order chi connectivity index (χ0) is 13.9. The van der Waals surface area contributed by atoms with E-state index in [1.165, 1.54) is 0 Å². The number of amides is 1. The highest BCUT2D eigenvalue weighted by Gasteiger charge is 2.16. The molecule has 0 saturated heterocycles. The van der Waals surface area contributed by atoms with Gasteiger partial charge in [-0.1, -0.05) is 27.5 Å². The van der Waals surface area contributed by atoms with Gasteiger partial charge in [-0.2, -0.15) is 0 Å². The molecule has 18 heavy (non-hydrogen) atoms. The molecule has 4 nitrogen and oxygen atoms in total. The first-order valence-corrected chi connectivity index (χ1v) is 8.36. The molecular formula is C11H13BrClNO3S. The molecule has 0 aromatic heterocycles. The van der Waals surface area contributed by atoms with Crippen LogP contribution in [-0.4, -0.2) is 32.4 Å². The fraction of sp³-hybridized carbons (Fsp3) is 0.364. The van der Waals surface area contributed by atoms with Crippen LogP contribution in [0.1, 0.15) is 17.3 Å². The Morgan fingerprint density at radius 3 is 2.67 bits per heavy atom. The summed E-state index contributed by atoms with van der Waals surface area (Å²) in [5.41, 5.74) is 0.311. The SMILES string of the molecule is CC(CS(C)(=O)=O)NC(=O)c1cc(Br)ccc1Cl. The average molecular weight is 355 g/mol. The lowest BCUT2D eigenvalue weighted by atomic mass is 10.2. The van der Waals surface area contributed by atoms with Gasteiger partial charge in [0.25, 0.3) is 5.91 Å². The van der Waals surface area contributed by atoms with Crippen molar-refractivity contribution < 1.29 is 13.2 Å². The van der Waals surface area contributed by atoms with Crippen LogP contribution in [0.15, 0.2) is 22.7 Å². The molecule has 0 heterocycles. The molecule has 1 atom stereocenters. The Hall–Kier alpha value is -0.590. The normalized spacial score (nSPS) is 13.1. The second-order valence-electron chi connectivity index (χ2n) is 4.09. The fourth-order valence-electron chi connectivity index (χ4n) is 1.47. The van der Waals surface area contributed by atoms with Gasteiger partial charge >= 0.3 is 0 Å². The molecule has 1 amide bonds. The summed E-state index contributed by atoms with van der Waals surface area (Å²) in [6.45, 7) is 1.63. The van der Waals surface area contributed by atoms with Crippen LogP contribution in [0, 0.1) is 0 Å². The maximum Gasteiger partial charge on any atom is 0.253 e. The minimum atomic E-state index is -3.13. The number of nitrogens with one attached hydrogen (secondary N) is 1. The number of carbonyl (C=O) groups excluding carboxylic acids is 1. The molecule has 1 rings (SSSR count). The van der Waals surface area contributed by atoms with E-state index in [0.29, 0.717) is 10.6 Å². The van der Waals surface area contributed by atoms with Gasteiger partial charge in [0.1, 0.15) is 9.84 Å².